The lowest BCUT2D eigenvalue weighted by Gasteiger charge is -2.28. The van der Waals surface area contributed by atoms with Gasteiger partial charge in [-0.3, -0.25) is 0 Å². The Balaban J connectivity index is 1.92. The molecule has 0 nitrogen and oxygen atoms in total. The Morgan fingerprint density at radius 1 is 1.09 bits per heavy atom. The van der Waals surface area contributed by atoms with Crippen molar-refractivity contribution in [3.05, 3.63) is 0 Å². The van der Waals surface area contributed by atoms with E-state index in [2.05, 4.69) is 15.9 Å². The van der Waals surface area contributed by atoms with Gasteiger partial charge in [-0.25, -0.2) is 0 Å². The molecule has 1 heteroatoms. The molecule has 0 aromatic carbocycles. The summed E-state index contributed by atoms with van der Waals surface area (Å²) in [6.07, 6.45) is 10.5. The first-order chi connectivity index (χ1) is 5.37. The zero-order valence-corrected chi connectivity index (χ0v) is 8.70. The maximum Gasteiger partial charge on any atom is 0.00906 e. The van der Waals surface area contributed by atoms with Gasteiger partial charge in [0.15, 0.2) is 0 Å². The highest BCUT2D eigenvalue weighted by Crippen LogP contribution is 2.57. The van der Waals surface area contributed by atoms with E-state index in [0.717, 1.165) is 11.3 Å². The molecule has 0 N–H and O–H groups in total. The molecule has 0 radical (unpaired) electrons. The van der Waals surface area contributed by atoms with E-state index in [1.54, 1.807) is 0 Å². The Bertz CT molecular complexity index is 132. The van der Waals surface area contributed by atoms with Crippen LogP contribution in [0.4, 0.5) is 0 Å². The molecule has 2 rings (SSSR count). The highest BCUT2D eigenvalue weighted by atomic mass is 79.9. The van der Waals surface area contributed by atoms with E-state index in [9.17, 15) is 0 Å². The van der Waals surface area contributed by atoms with Crippen LogP contribution in [0.2, 0.25) is 0 Å². The van der Waals surface area contributed by atoms with E-state index in [-0.39, 0.29) is 0 Å². The van der Waals surface area contributed by atoms with Gasteiger partial charge in [-0.15, -0.1) is 0 Å². The number of alkyl halides is 1. The van der Waals surface area contributed by atoms with Crippen molar-refractivity contribution >= 4 is 15.9 Å². The summed E-state index contributed by atoms with van der Waals surface area (Å²) >= 11 is 3.67. The molecule has 0 aliphatic heterocycles. The molecule has 2 aliphatic carbocycles. The van der Waals surface area contributed by atoms with Gasteiger partial charge in [-0.1, -0.05) is 35.2 Å². The number of halogens is 1. The van der Waals surface area contributed by atoms with Gasteiger partial charge in [-0.05, 0) is 37.0 Å². The summed E-state index contributed by atoms with van der Waals surface area (Å²) in [5, 5.41) is 1.27. The van der Waals surface area contributed by atoms with Gasteiger partial charge in [0.1, 0.15) is 0 Å². The van der Waals surface area contributed by atoms with Gasteiger partial charge in [0.05, 0.1) is 0 Å². The number of hydrogen-bond donors (Lipinski definition) is 0. The molecule has 2 saturated carbocycles. The van der Waals surface area contributed by atoms with E-state index in [1.807, 2.05) is 0 Å². The molecule has 0 bridgehead atoms. The molecule has 0 atom stereocenters. The quantitative estimate of drug-likeness (QED) is 0.618. The fraction of sp³-hybridized carbons (Fsp3) is 1.00. The predicted octanol–water partition coefficient (Wildman–Crippen LogP) is 3.74. The second-order valence-corrected chi connectivity index (χ2v) is 4.89. The maximum atomic E-state index is 3.67. The van der Waals surface area contributed by atoms with Crippen LogP contribution in [-0.2, 0) is 0 Å². The molecule has 0 unspecified atom stereocenters. The fourth-order valence-corrected chi connectivity index (χ4v) is 3.55. The molecule has 0 spiro atoms. The molecule has 2 aliphatic rings. The van der Waals surface area contributed by atoms with Gasteiger partial charge in [0.25, 0.3) is 0 Å². The lowest BCUT2D eigenvalue weighted by atomic mass is 9.79. The largest absolute Gasteiger partial charge is 0.0922 e. The van der Waals surface area contributed by atoms with Gasteiger partial charge in [-0.2, -0.15) is 0 Å². The average molecular weight is 217 g/mol. The van der Waals surface area contributed by atoms with Crippen molar-refractivity contribution in [3.63, 3.8) is 0 Å². The van der Waals surface area contributed by atoms with Crippen molar-refractivity contribution in [2.24, 2.45) is 11.3 Å². The summed E-state index contributed by atoms with van der Waals surface area (Å²) in [5.74, 6) is 1.08. The number of rotatable bonds is 2. The Kier molecular flexibility index (Phi) is 2.27. The van der Waals surface area contributed by atoms with Crippen molar-refractivity contribution in [2.45, 2.75) is 44.9 Å². The Hall–Kier alpha value is 0.480. The highest BCUT2D eigenvalue weighted by Gasteiger charge is 2.47. The lowest BCUT2D eigenvalue weighted by molar-refractivity contribution is 0.251. The minimum Gasteiger partial charge on any atom is -0.0922 e. The van der Waals surface area contributed by atoms with E-state index >= 15 is 0 Å². The first kappa shape index (κ1) is 8.10. The molecule has 0 amide bonds. The molecule has 0 aromatic rings. The molecule has 0 aromatic heterocycles. The summed E-state index contributed by atoms with van der Waals surface area (Å²) in [7, 11) is 0. The fourth-order valence-electron chi connectivity index (χ4n) is 2.53. The minimum atomic E-state index is 0.778. The second-order valence-electron chi connectivity index (χ2n) is 4.33. The molecule has 2 fully saturated rings. The van der Waals surface area contributed by atoms with Crippen LogP contribution in [-0.4, -0.2) is 5.33 Å². The van der Waals surface area contributed by atoms with Crippen LogP contribution in [0.15, 0.2) is 0 Å². The topological polar surface area (TPSA) is 0 Å². The molecular weight excluding hydrogens is 200 g/mol. The van der Waals surface area contributed by atoms with Crippen molar-refractivity contribution < 1.29 is 0 Å². The van der Waals surface area contributed by atoms with E-state index in [0.29, 0.717) is 0 Å². The molecule has 64 valence electrons. The second kappa shape index (κ2) is 3.08. The monoisotopic (exact) mass is 216 g/mol. The first-order valence-electron chi connectivity index (χ1n) is 4.93. The van der Waals surface area contributed by atoms with Crippen molar-refractivity contribution in [1.29, 1.82) is 0 Å². The van der Waals surface area contributed by atoms with Crippen LogP contribution in [0.25, 0.3) is 0 Å². The van der Waals surface area contributed by atoms with Gasteiger partial charge in [0.2, 0.25) is 0 Å². The van der Waals surface area contributed by atoms with Crippen LogP contribution in [0, 0.1) is 11.3 Å². The SMILES string of the molecule is BrCC1(C2CCCCC2)CC1. The van der Waals surface area contributed by atoms with Crippen LogP contribution in [0.1, 0.15) is 44.9 Å². The maximum absolute atomic E-state index is 3.67. The summed E-state index contributed by atoms with van der Waals surface area (Å²) in [4.78, 5) is 0. The molecule has 11 heavy (non-hydrogen) atoms. The van der Waals surface area contributed by atoms with E-state index in [4.69, 9.17) is 0 Å². The third-order valence-electron chi connectivity index (χ3n) is 3.63. The summed E-state index contributed by atoms with van der Waals surface area (Å²) in [6.45, 7) is 0. The first-order valence-corrected chi connectivity index (χ1v) is 6.05. The minimum absolute atomic E-state index is 0.778. The standard InChI is InChI=1S/C10H17Br/c11-8-10(6-7-10)9-4-2-1-3-5-9/h9H,1-8H2. The van der Waals surface area contributed by atoms with Crippen LogP contribution < -0.4 is 0 Å². The van der Waals surface area contributed by atoms with Crippen LogP contribution >= 0.6 is 15.9 Å². The molecule has 0 saturated heterocycles. The highest BCUT2D eigenvalue weighted by molar-refractivity contribution is 9.09. The third kappa shape index (κ3) is 1.49. The Morgan fingerprint density at radius 2 is 1.73 bits per heavy atom. The zero-order valence-electron chi connectivity index (χ0n) is 7.11. The summed E-state index contributed by atoms with van der Waals surface area (Å²) < 4.78 is 0. The van der Waals surface area contributed by atoms with E-state index in [1.165, 1.54) is 50.3 Å². The summed E-state index contributed by atoms with van der Waals surface area (Å²) in [6, 6.07) is 0. The van der Waals surface area contributed by atoms with Crippen molar-refractivity contribution in [2.75, 3.05) is 5.33 Å². The summed E-state index contributed by atoms with van der Waals surface area (Å²) in [5.41, 5.74) is 0.778. The Morgan fingerprint density at radius 3 is 2.18 bits per heavy atom. The van der Waals surface area contributed by atoms with E-state index < -0.39 is 0 Å². The zero-order chi connectivity index (χ0) is 7.73. The predicted molar refractivity (Wildman–Crippen MR) is 52.0 cm³/mol. The van der Waals surface area contributed by atoms with Gasteiger partial charge < -0.3 is 0 Å². The van der Waals surface area contributed by atoms with Crippen LogP contribution in [0.5, 0.6) is 0 Å². The van der Waals surface area contributed by atoms with Crippen LogP contribution in [0.3, 0.4) is 0 Å². The lowest BCUT2D eigenvalue weighted by Crippen LogP contribution is -2.20. The average Bonchev–Trinajstić information content (AvgIpc) is 2.86. The van der Waals surface area contributed by atoms with Gasteiger partial charge in [0, 0.05) is 5.33 Å². The Labute approximate surface area is 77.9 Å². The normalized spacial score (nSPS) is 30.3. The van der Waals surface area contributed by atoms with Crippen molar-refractivity contribution in [3.8, 4) is 0 Å². The van der Waals surface area contributed by atoms with Crippen molar-refractivity contribution in [1.82, 2.24) is 0 Å². The number of hydrogen-bond acceptors (Lipinski definition) is 0. The third-order valence-corrected chi connectivity index (χ3v) is 4.75. The molecule has 0 heterocycles. The smallest absolute Gasteiger partial charge is 0.00906 e. The molecular formula is C10H17Br. The van der Waals surface area contributed by atoms with Gasteiger partial charge >= 0.3 is 0 Å².